The molecular formula is C15H18N2O. The van der Waals surface area contributed by atoms with Crippen LogP contribution in [0.3, 0.4) is 0 Å². The molecule has 2 aliphatic rings. The van der Waals surface area contributed by atoms with E-state index in [9.17, 15) is 4.79 Å². The van der Waals surface area contributed by atoms with Crippen LogP contribution in [0.4, 0.5) is 5.69 Å². The average Bonchev–Trinajstić information content (AvgIpc) is 2.39. The molecule has 1 aliphatic heterocycles. The lowest BCUT2D eigenvalue weighted by atomic mass is 9.97. The number of aryl methyl sites for hydroxylation is 1. The fourth-order valence-corrected chi connectivity index (χ4v) is 2.77. The Labute approximate surface area is 107 Å². The highest BCUT2D eigenvalue weighted by molar-refractivity contribution is 6.04. The van der Waals surface area contributed by atoms with E-state index in [1.807, 2.05) is 0 Å². The predicted molar refractivity (Wildman–Crippen MR) is 73.0 cm³/mol. The van der Waals surface area contributed by atoms with Crippen molar-refractivity contribution in [3.63, 3.8) is 0 Å². The smallest absolute Gasteiger partial charge is 0.138 e. The summed E-state index contributed by atoms with van der Waals surface area (Å²) in [4.78, 5) is 11.5. The Morgan fingerprint density at radius 3 is 2.83 bits per heavy atom. The zero-order chi connectivity index (χ0) is 12.4. The number of rotatable bonds is 1. The van der Waals surface area contributed by atoms with Gasteiger partial charge in [0.15, 0.2) is 0 Å². The lowest BCUT2D eigenvalue weighted by Crippen LogP contribution is -2.27. The maximum Gasteiger partial charge on any atom is 0.138 e. The van der Waals surface area contributed by atoms with Crippen molar-refractivity contribution in [1.29, 1.82) is 0 Å². The largest absolute Gasteiger partial charge is 0.299 e. The molecule has 18 heavy (non-hydrogen) atoms. The highest BCUT2D eigenvalue weighted by atomic mass is 16.1. The number of ketones is 1. The van der Waals surface area contributed by atoms with Gasteiger partial charge in [0.25, 0.3) is 0 Å². The summed E-state index contributed by atoms with van der Waals surface area (Å²) >= 11 is 0. The standard InChI is InChI=1S/C15H18N2O/c18-14-8-3-7-13(11-14)16-17-10-4-6-12-5-1-2-9-15(12)17/h1-2,5,9H,3-4,6-8,10-11H2/b16-13+. The molecule has 0 radical (unpaired) electrons. The normalized spacial score (nSPS) is 22.1. The summed E-state index contributed by atoms with van der Waals surface area (Å²) in [5.41, 5.74) is 3.65. The number of fused-ring (bicyclic) bond motifs is 1. The highest BCUT2D eigenvalue weighted by Crippen LogP contribution is 2.27. The van der Waals surface area contributed by atoms with E-state index in [1.165, 1.54) is 11.3 Å². The molecule has 0 atom stereocenters. The molecule has 3 nitrogen and oxygen atoms in total. The molecule has 1 heterocycles. The van der Waals surface area contributed by atoms with Crippen molar-refractivity contribution in [2.24, 2.45) is 5.10 Å². The van der Waals surface area contributed by atoms with Gasteiger partial charge in [0, 0.05) is 25.1 Å². The van der Waals surface area contributed by atoms with Gasteiger partial charge in [-0.25, -0.2) is 0 Å². The molecule has 0 saturated heterocycles. The molecule has 1 aromatic rings. The van der Waals surface area contributed by atoms with Crippen LogP contribution in [0.2, 0.25) is 0 Å². The summed E-state index contributed by atoms with van der Waals surface area (Å²) in [7, 11) is 0. The first-order valence-electron chi connectivity index (χ1n) is 6.76. The Kier molecular flexibility index (Phi) is 3.13. The highest BCUT2D eigenvalue weighted by Gasteiger charge is 2.19. The molecule has 1 aliphatic carbocycles. The topological polar surface area (TPSA) is 32.7 Å². The van der Waals surface area contributed by atoms with Gasteiger partial charge in [0.1, 0.15) is 5.78 Å². The number of anilines is 1. The van der Waals surface area contributed by atoms with Crippen LogP contribution in [0.1, 0.15) is 37.7 Å². The van der Waals surface area contributed by atoms with E-state index < -0.39 is 0 Å². The van der Waals surface area contributed by atoms with Gasteiger partial charge in [0.2, 0.25) is 0 Å². The molecule has 0 unspecified atom stereocenters. The van der Waals surface area contributed by atoms with Gasteiger partial charge in [-0.05, 0) is 37.3 Å². The fourth-order valence-electron chi connectivity index (χ4n) is 2.77. The predicted octanol–water partition coefficient (Wildman–Crippen LogP) is 2.94. The summed E-state index contributed by atoms with van der Waals surface area (Å²) in [5.74, 6) is 0.338. The molecule has 3 heteroatoms. The van der Waals surface area contributed by atoms with Crippen LogP contribution >= 0.6 is 0 Å². The third-order valence-corrected chi connectivity index (χ3v) is 3.67. The van der Waals surface area contributed by atoms with E-state index in [1.54, 1.807) is 0 Å². The van der Waals surface area contributed by atoms with Gasteiger partial charge < -0.3 is 0 Å². The number of hydrazone groups is 1. The van der Waals surface area contributed by atoms with Crippen LogP contribution in [-0.4, -0.2) is 18.0 Å². The van der Waals surface area contributed by atoms with Crippen molar-refractivity contribution < 1.29 is 4.79 Å². The molecule has 0 aromatic heterocycles. The number of hydrogen-bond acceptors (Lipinski definition) is 3. The molecule has 1 saturated carbocycles. The summed E-state index contributed by atoms with van der Waals surface area (Å²) in [6.07, 6.45) is 5.50. The molecule has 1 fully saturated rings. The van der Waals surface area contributed by atoms with Crippen molar-refractivity contribution >= 4 is 17.2 Å². The number of benzene rings is 1. The Morgan fingerprint density at radius 1 is 1.06 bits per heavy atom. The monoisotopic (exact) mass is 242 g/mol. The van der Waals surface area contributed by atoms with Gasteiger partial charge >= 0.3 is 0 Å². The van der Waals surface area contributed by atoms with Gasteiger partial charge in [-0.15, -0.1) is 0 Å². The molecule has 3 rings (SSSR count). The van der Waals surface area contributed by atoms with Crippen LogP contribution in [0.15, 0.2) is 29.4 Å². The number of nitrogens with zero attached hydrogens (tertiary/aromatic N) is 2. The SMILES string of the molecule is O=C1CCC/C(=N\N2CCCc3ccccc32)C1. The van der Waals surface area contributed by atoms with Crippen molar-refractivity contribution in [3.05, 3.63) is 29.8 Å². The van der Waals surface area contributed by atoms with Gasteiger partial charge in [-0.1, -0.05) is 18.2 Å². The minimum atomic E-state index is 0.338. The number of para-hydroxylation sites is 1. The lowest BCUT2D eigenvalue weighted by molar-refractivity contribution is -0.118. The second-order valence-corrected chi connectivity index (χ2v) is 5.09. The Bertz CT molecular complexity index is 493. The third-order valence-electron chi connectivity index (χ3n) is 3.67. The number of carbonyl (C=O) groups excluding carboxylic acids is 1. The molecule has 0 amide bonds. The van der Waals surface area contributed by atoms with Crippen LogP contribution in [-0.2, 0) is 11.2 Å². The van der Waals surface area contributed by atoms with Gasteiger partial charge in [0.05, 0.1) is 5.69 Å². The molecule has 94 valence electrons. The van der Waals surface area contributed by atoms with Crippen LogP contribution in [0.25, 0.3) is 0 Å². The van der Waals surface area contributed by atoms with Gasteiger partial charge in [-0.3, -0.25) is 9.80 Å². The minimum absolute atomic E-state index is 0.338. The minimum Gasteiger partial charge on any atom is -0.299 e. The number of hydrogen-bond donors (Lipinski definition) is 0. The van der Waals surface area contributed by atoms with Crippen LogP contribution in [0.5, 0.6) is 0 Å². The molecule has 1 aromatic carbocycles. The lowest BCUT2D eigenvalue weighted by Gasteiger charge is -2.28. The molecule has 0 spiro atoms. The van der Waals surface area contributed by atoms with Crippen molar-refractivity contribution in [3.8, 4) is 0 Å². The van der Waals surface area contributed by atoms with E-state index >= 15 is 0 Å². The zero-order valence-corrected chi connectivity index (χ0v) is 10.6. The summed E-state index contributed by atoms with van der Waals surface area (Å²) in [5, 5.41) is 6.81. The van der Waals surface area contributed by atoms with E-state index in [0.717, 1.165) is 44.4 Å². The Hall–Kier alpha value is -1.64. The number of Topliss-reactive ketones (excluding diaryl/α,β-unsaturated/α-hetero) is 1. The molecule has 0 bridgehead atoms. The van der Waals surface area contributed by atoms with E-state index in [2.05, 4.69) is 29.3 Å². The first-order valence-corrected chi connectivity index (χ1v) is 6.76. The zero-order valence-electron chi connectivity index (χ0n) is 10.6. The fraction of sp³-hybridized carbons (Fsp3) is 0.467. The van der Waals surface area contributed by atoms with E-state index in [-0.39, 0.29) is 0 Å². The Balaban J connectivity index is 1.85. The van der Waals surface area contributed by atoms with Gasteiger partial charge in [-0.2, -0.15) is 5.10 Å². The van der Waals surface area contributed by atoms with E-state index in [0.29, 0.717) is 12.2 Å². The summed E-state index contributed by atoms with van der Waals surface area (Å²) < 4.78 is 0. The first-order chi connectivity index (χ1) is 8.83. The maximum atomic E-state index is 11.5. The summed E-state index contributed by atoms with van der Waals surface area (Å²) in [6, 6.07) is 8.44. The summed E-state index contributed by atoms with van der Waals surface area (Å²) in [6.45, 7) is 0.967. The maximum absolute atomic E-state index is 11.5. The Morgan fingerprint density at radius 2 is 1.94 bits per heavy atom. The van der Waals surface area contributed by atoms with Crippen molar-refractivity contribution in [2.75, 3.05) is 11.6 Å². The first kappa shape index (κ1) is 11.5. The molecule has 0 N–H and O–H groups in total. The second-order valence-electron chi connectivity index (χ2n) is 5.09. The average molecular weight is 242 g/mol. The quantitative estimate of drug-likeness (QED) is 0.758. The second kappa shape index (κ2) is 4.92. The third kappa shape index (κ3) is 2.30. The number of carbonyl (C=O) groups is 1. The van der Waals surface area contributed by atoms with Crippen molar-refractivity contribution in [1.82, 2.24) is 0 Å². The van der Waals surface area contributed by atoms with Crippen molar-refractivity contribution in [2.45, 2.75) is 38.5 Å². The van der Waals surface area contributed by atoms with E-state index in [4.69, 9.17) is 5.10 Å². The van der Waals surface area contributed by atoms with Crippen LogP contribution < -0.4 is 5.01 Å². The molecular weight excluding hydrogens is 224 g/mol. The van der Waals surface area contributed by atoms with Crippen LogP contribution in [0, 0.1) is 0 Å².